The van der Waals surface area contributed by atoms with Gasteiger partial charge in [-0.2, -0.15) is 13.2 Å². The van der Waals surface area contributed by atoms with E-state index < -0.39 is 18.9 Å². The quantitative estimate of drug-likeness (QED) is 0.825. The first-order valence-corrected chi connectivity index (χ1v) is 7.47. The second-order valence-electron chi connectivity index (χ2n) is 5.61. The lowest BCUT2D eigenvalue weighted by molar-refractivity contribution is -0.160. The molecule has 1 aromatic carbocycles. The first-order chi connectivity index (χ1) is 11.1. The SMILES string of the molecule is Cc1cccc(C(C)C)c1NC(=O)CCNC(=O)OCC(F)(F)F. The van der Waals surface area contributed by atoms with E-state index in [-0.39, 0.29) is 24.8 Å². The maximum atomic E-state index is 12.0. The van der Waals surface area contributed by atoms with Crippen molar-refractivity contribution in [2.75, 3.05) is 18.5 Å². The number of para-hydroxylation sites is 1. The van der Waals surface area contributed by atoms with Crippen LogP contribution in [0.25, 0.3) is 0 Å². The maximum absolute atomic E-state index is 12.0. The summed E-state index contributed by atoms with van der Waals surface area (Å²) in [5.41, 5.74) is 2.62. The van der Waals surface area contributed by atoms with Gasteiger partial charge >= 0.3 is 12.3 Å². The Balaban J connectivity index is 2.47. The third-order valence-corrected chi connectivity index (χ3v) is 3.18. The summed E-state index contributed by atoms with van der Waals surface area (Å²) in [7, 11) is 0. The minimum atomic E-state index is -4.58. The van der Waals surface area contributed by atoms with Gasteiger partial charge in [0, 0.05) is 18.7 Å². The van der Waals surface area contributed by atoms with Crippen molar-refractivity contribution in [1.82, 2.24) is 5.32 Å². The normalized spacial score (nSPS) is 11.3. The number of carbonyl (C=O) groups excluding carboxylic acids is 2. The largest absolute Gasteiger partial charge is 0.440 e. The van der Waals surface area contributed by atoms with Crippen LogP contribution in [0.4, 0.5) is 23.7 Å². The Kier molecular flexibility index (Phi) is 7.06. The standard InChI is InChI=1S/C16H21F3N2O3/c1-10(2)12-6-4-5-11(3)14(12)21-13(22)7-8-20-15(23)24-9-16(17,18)19/h4-6,10H,7-9H2,1-3H3,(H,20,23)(H,21,22). The molecule has 134 valence electrons. The van der Waals surface area contributed by atoms with Crippen LogP contribution in [-0.2, 0) is 9.53 Å². The molecular formula is C16H21F3N2O3. The number of alkyl carbamates (subject to hydrolysis) is 1. The Labute approximate surface area is 138 Å². The summed E-state index contributed by atoms with van der Waals surface area (Å²) in [5, 5.41) is 4.88. The highest BCUT2D eigenvalue weighted by molar-refractivity contribution is 5.92. The minimum Gasteiger partial charge on any atom is -0.440 e. The van der Waals surface area contributed by atoms with Gasteiger partial charge in [-0.1, -0.05) is 32.0 Å². The second kappa shape index (κ2) is 8.56. The molecule has 24 heavy (non-hydrogen) atoms. The van der Waals surface area contributed by atoms with Gasteiger partial charge in [0.05, 0.1) is 0 Å². The molecule has 0 radical (unpaired) electrons. The lowest BCUT2D eigenvalue weighted by Crippen LogP contribution is -2.31. The van der Waals surface area contributed by atoms with Gasteiger partial charge in [0.2, 0.25) is 5.91 Å². The van der Waals surface area contributed by atoms with Gasteiger partial charge in [-0.15, -0.1) is 0 Å². The van der Waals surface area contributed by atoms with Crippen LogP contribution in [0.2, 0.25) is 0 Å². The molecule has 2 N–H and O–H groups in total. The molecule has 0 fully saturated rings. The van der Waals surface area contributed by atoms with E-state index in [0.717, 1.165) is 16.8 Å². The predicted molar refractivity (Wildman–Crippen MR) is 83.9 cm³/mol. The van der Waals surface area contributed by atoms with Crippen molar-refractivity contribution in [3.63, 3.8) is 0 Å². The topological polar surface area (TPSA) is 67.4 Å². The maximum Gasteiger partial charge on any atom is 0.422 e. The van der Waals surface area contributed by atoms with E-state index >= 15 is 0 Å². The summed E-state index contributed by atoms with van der Waals surface area (Å²) < 4.78 is 39.6. The second-order valence-corrected chi connectivity index (χ2v) is 5.61. The van der Waals surface area contributed by atoms with Gasteiger partial charge in [0.15, 0.2) is 6.61 Å². The van der Waals surface area contributed by atoms with Crippen molar-refractivity contribution in [3.05, 3.63) is 29.3 Å². The highest BCUT2D eigenvalue weighted by Gasteiger charge is 2.29. The van der Waals surface area contributed by atoms with E-state index in [9.17, 15) is 22.8 Å². The predicted octanol–water partition coefficient (Wildman–Crippen LogP) is 3.74. The number of alkyl halides is 3. The molecule has 0 aliphatic carbocycles. The summed E-state index contributed by atoms with van der Waals surface area (Å²) in [5.74, 6) is -0.127. The van der Waals surface area contributed by atoms with Gasteiger partial charge in [-0.05, 0) is 24.0 Å². The van der Waals surface area contributed by atoms with Gasteiger partial charge in [-0.25, -0.2) is 4.79 Å². The van der Waals surface area contributed by atoms with E-state index in [1.54, 1.807) is 0 Å². The minimum absolute atomic E-state index is 0.0764. The van der Waals surface area contributed by atoms with Gasteiger partial charge in [0.1, 0.15) is 0 Å². The number of ether oxygens (including phenoxy) is 1. The molecule has 0 heterocycles. The Bertz CT molecular complexity index is 586. The Hall–Kier alpha value is -2.25. The number of nitrogens with one attached hydrogen (secondary N) is 2. The zero-order valence-corrected chi connectivity index (χ0v) is 13.8. The number of benzene rings is 1. The summed E-state index contributed by atoms with van der Waals surface area (Å²) in [6, 6.07) is 5.69. The summed E-state index contributed by atoms with van der Waals surface area (Å²) >= 11 is 0. The highest BCUT2D eigenvalue weighted by Crippen LogP contribution is 2.27. The van der Waals surface area contributed by atoms with E-state index in [0.29, 0.717) is 0 Å². The molecular weight excluding hydrogens is 325 g/mol. The summed E-state index contributed by atoms with van der Waals surface area (Å²) in [4.78, 5) is 23.0. The van der Waals surface area contributed by atoms with Crippen LogP contribution >= 0.6 is 0 Å². The average Bonchev–Trinajstić information content (AvgIpc) is 2.46. The van der Waals surface area contributed by atoms with Crippen molar-refractivity contribution in [2.24, 2.45) is 0 Å². The first-order valence-electron chi connectivity index (χ1n) is 7.47. The molecule has 0 aliphatic rings. The molecule has 0 saturated heterocycles. The molecule has 1 aromatic rings. The molecule has 8 heteroatoms. The smallest absolute Gasteiger partial charge is 0.422 e. The molecule has 0 saturated carbocycles. The number of hydrogen-bond donors (Lipinski definition) is 2. The van der Waals surface area contributed by atoms with Crippen molar-refractivity contribution in [3.8, 4) is 0 Å². The number of rotatable bonds is 6. The third-order valence-electron chi connectivity index (χ3n) is 3.18. The molecule has 1 rings (SSSR count). The molecule has 0 spiro atoms. The van der Waals surface area contributed by atoms with Crippen LogP contribution < -0.4 is 10.6 Å². The Morgan fingerprint density at radius 3 is 2.50 bits per heavy atom. The van der Waals surface area contributed by atoms with Crippen molar-refractivity contribution >= 4 is 17.7 Å². The third kappa shape index (κ3) is 6.89. The fraction of sp³-hybridized carbons (Fsp3) is 0.500. The fourth-order valence-electron chi connectivity index (χ4n) is 2.02. The lowest BCUT2D eigenvalue weighted by atomic mass is 9.98. The summed E-state index contributed by atoms with van der Waals surface area (Å²) in [6.45, 7) is 4.09. The van der Waals surface area contributed by atoms with Crippen LogP contribution in [0, 0.1) is 6.92 Å². The number of carbonyl (C=O) groups is 2. The molecule has 0 bridgehead atoms. The lowest BCUT2D eigenvalue weighted by Gasteiger charge is -2.16. The Morgan fingerprint density at radius 1 is 1.25 bits per heavy atom. The van der Waals surface area contributed by atoms with Crippen molar-refractivity contribution in [1.29, 1.82) is 0 Å². The zero-order chi connectivity index (χ0) is 18.3. The van der Waals surface area contributed by atoms with Gasteiger partial charge in [0.25, 0.3) is 0 Å². The molecule has 0 atom stereocenters. The number of anilines is 1. The van der Waals surface area contributed by atoms with Crippen LogP contribution in [0.15, 0.2) is 18.2 Å². The van der Waals surface area contributed by atoms with Crippen LogP contribution in [-0.4, -0.2) is 31.3 Å². The molecule has 2 amide bonds. The van der Waals surface area contributed by atoms with E-state index in [1.165, 1.54) is 0 Å². The van der Waals surface area contributed by atoms with Crippen molar-refractivity contribution < 1.29 is 27.5 Å². The summed E-state index contributed by atoms with van der Waals surface area (Å²) in [6.07, 6.45) is -5.86. The van der Waals surface area contributed by atoms with Crippen LogP contribution in [0.1, 0.15) is 37.3 Å². The zero-order valence-electron chi connectivity index (χ0n) is 13.8. The first kappa shape index (κ1) is 19.8. The number of halogens is 3. The molecule has 0 aliphatic heterocycles. The van der Waals surface area contributed by atoms with E-state index in [4.69, 9.17) is 0 Å². The fourth-order valence-corrected chi connectivity index (χ4v) is 2.02. The molecule has 5 nitrogen and oxygen atoms in total. The van der Waals surface area contributed by atoms with Crippen LogP contribution in [0.5, 0.6) is 0 Å². The Morgan fingerprint density at radius 2 is 1.92 bits per heavy atom. The van der Waals surface area contributed by atoms with E-state index in [1.807, 2.05) is 39.0 Å². The number of amides is 2. The van der Waals surface area contributed by atoms with Gasteiger partial charge < -0.3 is 15.4 Å². The van der Waals surface area contributed by atoms with Crippen molar-refractivity contribution in [2.45, 2.75) is 39.3 Å². The average molecular weight is 346 g/mol. The molecule has 0 unspecified atom stereocenters. The number of hydrogen-bond acceptors (Lipinski definition) is 3. The van der Waals surface area contributed by atoms with Gasteiger partial charge in [-0.3, -0.25) is 4.79 Å². The number of aryl methyl sites for hydroxylation is 1. The monoisotopic (exact) mass is 346 g/mol. The molecule has 0 aromatic heterocycles. The van der Waals surface area contributed by atoms with E-state index in [2.05, 4.69) is 15.4 Å². The highest BCUT2D eigenvalue weighted by atomic mass is 19.4. The van der Waals surface area contributed by atoms with Crippen LogP contribution in [0.3, 0.4) is 0 Å².